The summed E-state index contributed by atoms with van der Waals surface area (Å²) in [4.78, 5) is 16.0. The van der Waals surface area contributed by atoms with Crippen molar-refractivity contribution in [3.8, 4) is 0 Å². The molecule has 0 saturated carbocycles. The molecular formula is C13H22N2O3. The van der Waals surface area contributed by atoms with Crippen molar-refractivity contribution in [2.24, 2.45) is 11.8 Å². The van der Waals surface area contributed by atoms with Crippen LogP contribution in [-0.2, 0) is 9.53 Å². The fraction of sp³-hybridized carbons (Fsp3) is 0.923. The number of aliphatic carboxylic acids is 1. The Bertz CT molecular complexity index is 328. The van der Waals surface area contributed by atoms with E-state index in [1.54, 1.807) is 0 Å². The molecule has 0 amide bonds. The Labute approximate surface area is 108 Å². The number of piperidine rings is 3. The Kier molecular flexibility index (Phi) is 3.30. The summed E-state index contributed by atoms with van der Waals surface area (Å²) in [6.45, 7) is 4.48. The van der Waals surface area contributed by atoms with Crippen LogP contribution in [0.3, 0.4) is 0 Å². The molecule has 4 heterocycles. The first-order valence-corrected chi connectivity index (χ1v) is 6.91. The summed E-state index contributed by atoms with van der Waals surface area (Å²) in [6, 6.07) is 0.564. The van der Waals surface area contributed by atoms with Gasteiger partial charge >= 0.3 is 5.97 Å². The first kappa shape index (κ1) is 12.4. The van der Waals surface area contributed by atoms with Gasteiger partial charge in [-0.05, 0) is 38.9 Å². The maximum Gasteiger partial charge on any atom is 0.310 e. The van der Waals surface area contributed by atoms with Crippen LogP contribution in [0.1, 0.15) is 12.8 Å². The van der Waals surface area contributed by atoms with Gasteiger partial charge in [0.15, 0.2) is 0 Å². The molecule has 4 aliphatic rings. The lowest BCUT2D eigenvalue weighted by atomic mass is 9.82. The molecule has 4 saturated heterocycles. The van der Waals surface area contributed by atoms with E-state index in [0.29, 0.717) is 19.3 Å². The third-order valence-electron chi connectivity index (χ3n) is 5.04. The van der Waals surface area contributed by atoms with Crippen LogP contribution in [0.25, 0.3) is 0 Å². The number of carboxylic acid groups (broad SMARTS) is 1. The van der Waals surface area contributed by atoms with Gasteiger partial charge in [0.25, 0.3) is 0 Å². The molecule has 1 N–H and O–H groups in total. The van der Waals surface area contributed by atoms with Gasteiger partial charge in [-0.25, -0.2) is 0 Å². The van der Waals surface area contributed by atoms with Gasteiger partial charge in [-0.15, -0.1) is 0 Å². The highest BCUT2D eigenvalue weighted by molar-refractivity contribution is 5.71. The van der Waals surface area contributed by atoms with Crippen LogP contribution in [0.2, 0.25) is 0 Å². The number of carbonyl (C=O) groups is 1. The number of ether oxygens (including phenoxy) is 1. The fourth-order valence-electron chi connectivity index (χ4n) is 3.82. The summed E-state index contributed by atoms with van der Waals surface area (Å²) in [5, 5.41) is 9.25. The highest BCUT2D eigenvalue weighted by Gasteiger charge is 2.43. The van der Waals surface area contributed by atoms with Crippen LogP contribution in [-0.4, -0.2) is 72.9 Å². The molecule has 3 atom stereocenters. The van der Waals surface area contributed by atoms with Crippen LogP contribution in [0.4, 0.5) is 0 Å². The third kappa shape index (κ3) is 2.04. The number of rotatable bonds is 3. The lowest BCUT2D eigenvalue weighted by Crippen LogP contribution is -2.59. The van der Waals surface area contributed by atoms with E-state index < -0.39 is 5.97 Å². The maximum atomic E-state index is 11.2. The summed E-state index contributed by atoms with van der Waals surface area (Å²) in [6.07, 6.45) is 2.53. The van der Waals surface area contributed by atoms with Crippen LogP contribution >= 0.6 is 0 Å². The normalized spacial score (nSPS) is 43.6. The zero-order valence-electron chi connectivity index (χ0n) is 10.9. The molecule has 2 bridgehead atoms. The van der Waals surface area contributed by atoms with Crippen molar-refractivity contribution in [3.63, 3.8) is 0 Å². The van der Waals surface area contributed by atoms with Gasteiger partial charge in [0.1, 0.15) is 0 Å². The van der Waals surface area contributed by atoms with Crippen molar-refractivity contribution in [1.82, 2.24) is 9.80 Å². The molecule has 4 fully saturated rings. The Morgan fingerprint density at radius 3 is 2.56 bits per heavy atom. The van der Waals surface area contributed by atoms with E-state index in [1.807, 2.05) is 0 Å². The Morgan fingerprint density at radius 2 is 2.00 bits per heavy atom. The van der Waals surface area contributed by atoms with Crippen molar-refractivity contribution < 1.29 is 14.6 Å². The third-order valence-corrected chi connectivity index (χ3v) is 5.04. The number of likely N-dealkylation sites (N-methyl/N-ethyl adjacent to an activating group) is 1. The largest absolute Gasteiger partial charge is 0.481 e. The highest BCUT2D eigenvalue weighted by Crippen LogP contribution is 2.33. The average molecular weight is 254 g/mol. The van der Waals surface area contributed by atoms with Crippen LogP contribution < -0.4 is 0 Å². The fourth-order valence-corrected chi connectivity index (χ4v) is 3.82. The molecule has 3 unspecified atom stereocenters. The monoisotopic (exact) mass is 254 g/mol. The van der Waals surface area contributed by atoms with Gasteiger partial charge in [-0.3, -0.25) is 9.69 Å². The highest BCUT2D eigenvalue weighted by atomic mass is 16.5. The number of hydrogen-bond acceptors (Lipinski definition) is 4. The summed E-state index contributed by atoms with van der Waals surface area (Å²) < 4.78 is 5.39. The van der Waals surface area contributed by atoms with Gasteiger partial charge in [-0.2, -0.15) is 0 Å². The lowest BCUT2D eigenvalue weighted by molar-refractivity contribution is -0.143. The van der Waals surface area contributed by atoms with Crippen molar-refractivity contribution >= 4 is 5.97 Å². The number of fused-ring (bicyclic) bond motifs is 3. The topological polar surface area (TPSA) is 53.0 Å². The lowest BCUT2D eigenvalue weighted by Gasteiger charge is -2.49. The first-order chi connectivity index (χ1) is 8.66. The molecule has 5 heteroatoms. The number of hydrogen-bond donors (Lipinski definition) is 1. The molecule has 0 aromatic rings. The minimum absolute atomic E-state index is 0.0491. The number of carboxylic acids is 1. The second kappa shape index (κ2) is 4.79. The van der Waals surface area contributed by atoms with Crippen LogP contribution in [0.5, 0.6) is 0 Å². The Morgan fingerprint density at radius 1 is 1.28 bits per heavy atom. The summed E-state index contributed by atoms with van der Waals surface area (Å²) in [7, 11) is 2.09. The predicted molar refractivity (Wildman–Crippen MR) is 66.4 cm³/mol. The quantitative estimate of drug-likeness (QED) is 0.775. The van der Waals surface area contributed by atoms with Gasteiger partial charge in [0.05, 0.1) is 19.1 Å². The smallest absolute Gasteiger partial charge is 0.310 e. The second-order valence-electron chi connectivity index (χ2n) is 5.92. The van der Waals surface area contributed by atoms with E-state index >= 15 is 0 Å². The molecule has 18 heavy (non-hydrogen) atoms. The van der Waals surface area contributed by atoms with E-state index in [0.717, 1.165) is 12.5 Å². The summed E-state index contributed by atoms with van der Waals surface area (Å²) in [5.74, 6) is -0.328. The van der Waals surface area contributed by atoms with E-state index in [-0.39, 0.29) is 12.0 Å². The zero-order valence-corrected chi connectivity index (χ0v) is 10.9. The summed E-state index contributed by atoms with van der Waals surface area (Å²) >= 11 is 0. The zero-order chi connectivity index (χ0) is 12.7. The molecule has 4 aliphatic heterocycles. The molecule has 0 aliphatic carbocycles. The van der Waals surface area contributed by atoms with Gasteiger partial charge in [-0.1, -0.05) is 0 Å². The molecule has 0 aromatic carbocycles. The average Bonchev–Trinajstić information content (AvgIpc) is 2.88. The second-order valence-corrected chi connectivity index (χ2v) is 5.92. The molecule has 0 spiro atoms. The predicted octanol–water partition coefficient (Wildman–Crippen LogP) is 0.112. The van der Waals surface area contributed by atoms with Crippen molar-refractivity contribution in [2.45, 2.75) is 24.9 Å². The van der Waals surface area contributed by atoms with E-state index in [4.69, 9.17) is 4.74 Å². The summed E-state index contributed by atoms with van der Waals surface area (Å²) in [5.41, 5.74) is 0. The maximum absolute atomic E-state index is 11.2. The number of nitrogens with zero attached hydrogens (tertiary/aromatic N) is 2. The molecule has 102 valence electrons. The van der Waals surface area contributed by atoms with E-state index in [9.17, 15) is 9.90 Å². The first-order valence-electron chi connectivity index (χ1n) is 6.91. The standard InChI is InChI=1S/C13H22N2O3/c1-14(12-8-18-7-10(12)13(16)17)11-6-15-4-2-9(11)3-5-15/h9-12H,2-8H2,1H3,(H,16,17). The molecular weight excluding hydrogens is 232 g/mol. The van der Waals surface area contributed by atoms with Gasteiger partial charge in [0.2, 0.25) is 0 Å². The van der Waals surface area contributed by atoms with Crippen LogP contribution in [0, 0.1) is 11.8 Å². The van der Waals surface area contributed by atoms with Crippen molar-refractivity contribution in [3.05, 3.63) is 0 Å². The molecule has 0 aromatic heterocycles. The van der Waals surface area contributed by atoms with E-state index in [2.05, 4.69) is 16.8 Å². The Hall–Kier alpha value is -0.650. The van der Waals surface area contributed by atoms with E-state index in [1.165, 1.54) is 25.9 Å². The Balaban J connectivity index is 1.70. The minimum atomic E-state index is -0.717. The van der Waals surface area contributed by atoms with Crippen molar-refractivity contribution in [1.29, 1.82) is 0 Å². The SMILES string of the molecule is CN(C1CN2CCC1CC2)C1COCC1C(=O)O. The van der Waals surface area contributed by atoms with Gasteiger partial charge < -0.3 is 14.7 Å². The molecule has 4 rings (SSSR count). The van der Waals surface area contributed by atoms with Crippen molar-refractivity contribution in [2.75, 3.05) is 39.9 Å². The molecule has 0 radical (unpaired) electrons. The molecule has 5 nitrogen and oxygen atoms in total. The van der Waals surface area contributed by atoms with Crippen LogP contribution in [0.15, 0.2) is 0 Å². The van der Waals surface area contributed by atoms with Gasteiger partial charge in [0, 0.05) is 18.6 Å². The minimum Gasteiger partial charge on any atom is -0.481 e.